The Bertz CT molecular complexity index is 1310. The lowest BCUT2D eigenvalue weighted by atomic mass is 10.2. The van der Waals surface area contributed by atoms with Crippen molar-refractivity contribution in [2.24, 2.45) is 0 Å². The van der Waals surface area contributed by atoms with Crippen LogP contribution < -0.4 is 4.90 Å². The van der Waals surface area contributed by atoms with E-state index in [1.54, 1.807) is 22.1 Å². The molecule has 7 nitrogen and oxygen atoms in total. The van der Waals surface area contributed by atoms with Gasteiger partial charge in [0.15, 0.2) is 11.4 Å². The highest BCUT2D eigenvalue weighted by Crippen LogP contribution is 2.34. The number of fused-ring (bicyclic) bond motifs is 3. The third kappa shape index (κ3) is 3.14. The molecule has 0 radical (unpaired) electrons. The number of hydrogen-bond donors (Lipinski definition) is 1. The maximum absolute atomic E-state index is 9.74. The van der Waals surface area contributed by atoms with Gasteiger partial charge in [-0.05, 0) is 37.1 Å². The van der Waals surface area contributed by atoms with Gasteiger partial charge in [0.05, 0.1) is 18.3 Å². The largest absolute Gasteiger partial charge is 0.461 e. The molecule has 30 heavy (non-hydrogen) atoms. The van der Waals surface area contributed by atoms with Crippen LogP contribution in [0.15, 0.2) is 53.1 Å². The van der Waals surface area contributed by atoms with Crippen LogP contribution in [0.1, 0.15) is 16.0 Å². The predicted octanol–water partition coefficient (Wildman–Crippen LogP) is 4.21. The molecular formula is C22H21N5O2S. The number of benzene rings is 1. The fraction of sp³-hybridized carbons (Fsp3) is 0.227. The molecular weight excluding hydrogens is 398 g/mol. The van der Waals surface area contributed by atoms with E-state index in [0.717, 1.165) is 27.0 Å². The average Bonchev–Trinajstić information content (AvgIpc) is 3.47. The van der Waals surface area contributed by atoms with Gasteiger partial charge < -0.3 is 14.4 Å². The molecule has 0 saturated heterocycles. The van der Waals surface area contributed by atoms with E-state index < -0.39 is 0 Å². The topological polar surface area (TPSA) is 79.7 Å². The Kier molecular flexibility index (Phi) is 4.72. The first-order valence-corrected chi connectivity index (χ1v) is 10.6. The van der Waals surface area contributed by atoms with Crippen molar-refractivity contribution in [3.63, 3.8) is 0 Å². The van der Waals surface area contributed by atoms with Crippen molar-refractivity contribution in [1.82, 2.24) is 19.6 Å². The number of aliphatic hydroxyl groups excluding tert-OH is 1. The molecule has 0 fully saturated rings. The molecule has 0 aliphatic rings. The third-order valence-electron chi connectivity index (χ3n) is 5.20. The lowest BCUT2D eigenvalue weighted by molar-refractivity contribution is 0.300. The van der Waals surface area contributed by atoms with E-state index in [0.29, 0.717) is 30.6 Å². The number of aliphatic hydroxyl groups is 1. The zero-order valence-electron chi connectivity index (χ0n) is 16.7. The molecule has 0 unspecified atom stereocenters. The molecule has 0 spiro atoms. The Labute approximate surface area is 177 Å². The van der Waals surface area contributed by atoms with Gasteiger partial charge in [-0.3, -0.25) is 0 Å². The quantitative estimate of drug-likeness (QED) is 0.444. The number of thiophene rings is 1. The van der Waals surface area contributed by atoms with Crippen molar-refractivity contribution < 1.29 is 9.52 Å². The Morgan fingerprint density at radius 1 is 1.10 bits per heavy atom. The summed E-state index contributed by atoms with van der Waals surface area (Å²) in [6.07, 6.45) is 1.61. The molecule has 0 aliphatic carbocycles. The molecule has 5 rings (SSSR count). The summed E-state index contributed by atoms with van der Waals surface area (Å²) in [6.45, 7) is 5.23. The molecule has 152 valence electrons. The lowest BCUT2D eigenvalue weighted by Gasteiger charge is -2.23. The summed E-state index contributed by atoms with van der Waals surface area (Å²) in [4.78, 5) is 13.9. The SMILES string of the molecule is Cc1sc2nc(N(CCO)Cc3ccccc3)n3nc(-c4ccco4)nc3c2c1C. The van der Waals surface area contributed by atoms with Gasteiger partial charge in [0.2, 0.25) is 11.8 Å². The minimum atomic E-state index is 0.0102. The summed E-state index contributed by atoms with van der Waals surface area (Å²) < 4.78 is 7.31. The molecule has 1 aromatic carbocycles. The lowest BCUT2D eigenvalue weighted by Crippen LogP contribution is -2.29. The van der Waals surface area contributed by atoms with Crippen molar-refractivity contribution in [3.8, 4) is 11.6 Å². The fourth-order valence-corrected chi connectivity index (χ4v) is 4.61. The van der Waals surface area contributed by atoms with E-state index in [9.17, 15) is 5.11 Å². The van der Waals surface area contributed by atoms with Crippen molar-refractivity contribution in [2.45, 2.75) is 20.4 Å². The normalized spacial score (nSPS) is 11.6. The van der Waals surface area contributed by atoms with Crippen LogP contribution in [0.4, 0.5) is 5.95 Å². The molecule has 4 aromatic heterocycles. The van der Waals surface area contributed by atoms with Crippen molar-refractivity contribution in [2.75, 3.05) is 18.1 Å². The van der Waals surface area contributed by atoms with Crippen LogP contribution in [0.25, 0.3) is 27.4 Å². The van der Waals surface area contributed by atoms with Gasteiger partial charge >= 0.3 is 0 Å². The number of nitrogens with zero attached hydrogens (tertiary/aromatic N) is 5. The monoisotopic (exact) mass is 419 g/mol. The van der Waals surface area contributed by atoms with Crippen molar-refractivity contribution >= 4 is 33.1 Å². The second-order valence-electron chi connectivity index (χ2n) is 7.15. The van der Waals surface area contributed by atoms with Crippen LogP contribution in [0.3, 0.4) is 0 Å². The highest BCUT2D eigenvalue weighted by atomic mass is 32.1. The highest BCUT2D eigenvalue weighted by molar-refractivity contribution is 7.18. The number of anilines is 1. The first-order valence-electron chi connectivity index (χ1n) is 9.76. The van der Waals surface area contributed by atoms with E-state index >= 15 is 0 Å². The molecule has 1 N–H and O–H groups in total. The van der Waals surface area contributed by atoms with Crippen LogP contribution in [0.5, 0.6) is 0 Å². The molecule has 0 aliphatic heterocycles. The highest BCUT2D eigenvalue weighted by Gasteiger charge is 2.22. The minimum absolute atomic E-state index is 0.0102. The maximum atomic E-state index is 9.74. The molecule has 0 amide bonds. The van der Waals surface area contributed by atoms with Crippen molar-refractivity contribution in [1.29, 1.82) is 0 Å². The number of aromatic nitrogens is 4. The average molecular weight is 420 g/mol. The second-order valence-corrected chi connectivity index (χ2v) is 8.36. The molecule has 0 bridgehead atoms. The van der Waals surface area contributed by atoms with Crippen LogP contribution in [0, 0.1) is 13.8 Å². The minimum Gasteiger partial charge on any atom is -0.461 e. The molecule has 8 heteroatoms. The Balaban J connectivity index is 1.74. The summed E-state index contributed by atoms with van der Waals surface area (Å²) in [7, 11) is 0. The van der Waals surface area contributed by atoms with E-state index in [2.05, 4.69) is 26.0 Å². The third-order valence-corrected chi connectivity index (χ3v) is 6.30. The van der Waals surface area contributed by atoms with E-state index in [4.69, 9.17) is 19.5 Å². The van der Waals surface area contributed by atoms with Crippen LogP contribution >= 0.6 is 11.3 Å². The molecule has 5 aromatic rings. The van der Waals surface area contributed by atoms with Gasteiger partial charge in [0.1, 0.15) is 4.83 Å². The van der Waals surface area contributed by atoms with Crippen molar-refractivity contribution in [3.05, 3.63) is 64.7 Å². The zero-order valence-corrected chi connectivity index (χ0v) is 17.6. The fourth-order valence-electron chi connectivity index (χ4n) is 3.59. The Morgan fingerprint density at radius 3 is 2.67 bits per heavy atom. The first-order chi connectivity index (χ1) is 14.7. The first kappa shape index (κ1) is 18.8. The standard InChI is InChI=1S/C22H21N5O2S/c1-14-15(2)30-21-18(14)20-23-19(17-9-6-12-29-17)25-27(20)22(24-21)26(10-11-28)13-16-7-4-3-5-8-16/h3-9,12,28H,10-11,13H2,1-2H3. The maximum Gasteiger partial charge on any atom is 0.230 e. The van der Waals surface area contributed by atoms with Crippen LogP contribution in [-0.4, -0.2) is 37.8 Å². The number of aryl methyl sites for hydroxylation is 2. The Morgan fingerprint density at radius 2 is 1.93 bits per heavy atom. The van der Waals surface area contributed by atoms with Crippen LogP contribution in [0.2, 0.25) is 0 Å². The van der Waals surface area contributed by atoms with E-state index in [1.165, 1.54) is 4.88 Å². The van der Waals surface area contributed by atoms with Gasteiger partial charge in [0, 0.05) is 18.0 Å². The summed E-state index contributed by atoms with van der Waals surface area (Å²) in [5, 5.41) is 15.5. The summed E-state index contributed by atoms with van der Waals surface area (Å²) in [5.41, 5.74) is 3.04. The van der Waals surface area contributed by atoms with E-state index in [-0.39, 0.29) is 6.61 Å². The zero-order chi connectivity index (χ0) is 20.7. The van der Waals surface area contributed by atoms with E-state index in [1.807, 2.05) is 35.2 Å². The second kappa shape index (κ2) is 7.55. The van der Waals surface area contributed by atoms with Gasteiger partial charge in [-0.2, -0.15) is 4.52 Å². The predicted molar refractivity (Wildman–Crippen MR) is 118 cm³/mol. The Hall–Kier alpha value is -3.23. The molecule has 0 atom stereocenters. The molecule has 0 saturated carbocycles. The number of rotatable bonds is 6. The smallest absolute Gasteiger partial charge is 0.230 e. The summed E-state index contributed by atoms with van der Waals surface area (Å²) in [5.74, 6) is 1.78. The number of furan rings is 1. The summed E-state index contributed by atoms with van der Waals surface area (Å²) >= 11 is 1.65. The van der Waals surface area contributed by atoms with Gasteiger partial charge in [-0.15, -0.1) is 16.4 Å². The molecule has 4 heterocycles. The summed E-state index contributed by atoms with van der Waals surface area (Å²) in [6, 6.07) is 13.8. The van der Waals surface area contributed by atoms with Gasteiger partial charge in [0.25, 0.3) is 0 Å². The van der Waals surface area contributed by atoms with Gasteiger partial charge in [-0.25, -0.2) is 9.97 Å². The van der Waals surface area contributed by atoms with Gasteiger partial charge in [-0.1, -0.05) is 30.3 Å². The number of hydrogen-bond acceptors (Lipinski definition) is 7. The van der Waals surface area contributed by atoms with Crippen LogP contribution in [-0.2, 0) is 6.54 Å².